The molecule has 19 heavy (non-hydrogen) atoms. The fourth-order valence-electron chi connectivity index (χ4n) is 1.94. The van der Waals surface area contributed by atoms with Gasteiger partial charge in [-0.25, -0.2) is 0 Å². The molecular formula is C16H18N2O. The molecule has 0 aliphatic rings. The summed E-state index contributed by atoms with van der Waals surface area (Å²) in [5, 5.41) is 2.98. The number of benzene rings is 2. The fraction of sp³-hybridized carbons (Fsp3) is 0.188. The van der Waals surface area contributed by atoms with Crippen molar-refractivity contribution >= 4 is 5.91 Å². The summed E-state index contributed by atoms with van der Waals surface area (Å²) in [5.74, 6) is -0.0772. The Morgan fingerprint density at radius 2 is 1.89 bits per heavy atom. The Kier molecular flexibility index (Phi) is 4.31. The molecule has 0 fully saturated rings. The van der Waals surface area contributed by atoms with Gasteiger partial charge in [-0.2, -0.15) is 0 Å². The van der Waals surface area contributed by atoms with E-state index in [1.807, 2.05) is 55.5 Å². The van der Waals surface area contributed by atoms with Crippen LogP contribution in [-0.2, 0) is 6.54 Å². The molecule has 2 aromatic carbocycles. The molecule has 0 radical (unpaired) electrons. The topological polar surface area (TPSA) is 55.1 Å². The van der Waals surface area contributed by atoms with Crippen LogP contribution in [0.2, 0.25) is 0 Å². The van der Waals surface area contributed by atoms with Crippen molar-refractivity contribution in [2.45, 2.75) is 19.5 Å². The molecule has 3 nitrogen and oxygen atoms in total. The Bertz CT molecular complexity index is 552. The number of amides is 1. The number of hydrogen-bond acceptors (Lipinski definition) is 2. The highest BCUT2D eigenvalue weighted by Gasteiger charge is 2.11. The number of hydrogen-bond donors (Lipinski definition) is 2. The standard InChI is InChI=1S/C16H18N2O/c1-12(14-7-3-2-4-8-14)18-16(19)15-9-5-6-13(10-15)11-17/h2-10,12H,11,17H2,1H3,(H,18,19). The van der Waals surface area contributed by atoms with Gasteiger partial charge in [-0.15, -0.1) is 0 Å². The Morgan fingerprint density at radius 3 is 2.58 bits per heavy atom. The second-order valence-electron chi connectivity index (χ2n) is 4.51. The molecule has 0 spiro atoms. The van der Waals surface area contributed by atoms with Gasteiger partial charge >= 0.3 is 0 Å². The van der Waals surface area contributed by atoms with Crippen LogP contribution in [0.4, 0.5) is 0 Å². The van der Waals surface area contributed by atoms with Gasteiger partial charge in [-0.05, 0) is 30.2 Å². The normalized spacial score (nSPS) is 11.9. The lowest BCUT2D eigenvalue weighted by molar-refractivity contribution is 0.0940. The molecule has 1 atom stereocenters. The highest BCUT2D eigenvalue weighted by atomic mass is 16.1. The Balaban J connectivity index is 2.08. The van der Waals surface area contributed by atoms with Gasteiger partial charge in [0.25, 0.3) is 5.91 Å². The van der Waals surface area contributed by atoms with Gasteiger partial charge in [0, 0.05) is 12.1 Å². The van der Waals surface area contributed by atoms with Crippen molar-refractivity contribution in [1.29, 1.82) is 0 Å². The average Bonchev–Trinajstić information content (AvgIpc) is 2.48. The molecule has 2 aromatic rings. The van der Waals surface area contributed by atoms with Crippen LogP contribution in [0.5, 0.6) is 0 Å². The number of nitrogens with two attached hydrogens (primary N) is 1. The largest absolute Gasteiger partial charge is 0.346 e. The zero-order chi connectivity index (χ0) is 13.7. The first-order valence-corrected chi connectivity index (χ1v) is 6.35. The molecule has 0 saturated heterocycles. The summed E-state index contributed by atoms with van der Waals surface area (Å²) in [7, 11) is 0. The van der Waals surface area contributed by atoms with Crippen molar-refractivity contribution in [3.8, 4) is 0 Å². The molecule has 0 aromatic heterocycles. The van der Waals surface area contributed by atoms with E-state index in [0.717, 1.165) is 11.1 Å². The van der Waals surface area contributed by atoms with Gasteiger partial charge in [0.2, 0.25) is 0 Å². The minimum Gasteiger partial charge on any atom is -0.346 e. The average molecular weight is 254 g/mol. The van der Waals surface area contributed by atoms with Gasteiger partial charge in [-0.3, -0.25) is 4.79 Å². The smallest absolute Gasteiger partial charge is 0.251 e. The maximum Gasteiger partial charge on any atom is 0.251 e. The zero-order valence-electron chi connectivity index (χ0n) is 11.0. The van der Waals surface area contributed by atoms with Crippen LogP contribution < -0.4 is 11.1 Å². The number of rotatable bonds is 4. The Morgan fingerprint density at radius 1 is 1.16 bits per heavy atom. The summed E-state index contributed by atoms with van der Waals surface area (Å²) in [4.78, 5) is 12.1. The first kappa shape index (κ1) is 13.3. The van der Waals surface area contributed by atoms with E-state index >= 15 is 0 Å². The quantitative estimate of drug-likeness (QED) is 0.881. The molecular weight excluding hydrogens is 236 g/mol. The van der Waals surface area contributed by atoms with Crippen molar-refractivity contribution in [2.75, 3.05) is 0 Å². The molecule has 3 N–H and O–H groups in total. The minimum absolute atomic E-state index is 0.0183. The van der Waals surface area contributed by atoms with Gasteiger partial charge in [-0.1, -0.05) is 42.5 Å². The summed E-state index contributed by atoms with van der Waals surface area (Å²) < 4.78 is 0. The number of nitrogens with one attached hydrogen (secondary N) is 1. The highest BCUT2D eigenvalue weighted by molar-refractivity contribution is 5.94. The van der Waals surface area contributed by atoms with Crippen LogP contribution in [0.15, 0.2) is 54.6 Å². The number of carbonyl (C=O) groups is 1. The van der Waals surface area contributed by atoms with E-state index in [9.17, 15) is 4.79 Å². The van der Waals surface area contributed by atoms with E-state index < -0.39 is 0 Å². The van der Waals surface area contributed by atoms with E-state index in [2.05, 4.69) is 5.32 Å². The van der Waals surface area contributed by atoms with Crippen molar-refractivity contribution < 1.29 is 4.79 Å². The molecule has 0 aliphatic carbocycles. The maximum absolute atomic E-state index is 12.1. The summed E-state index contributed by atoms with van der Waals surface area (Å²) in [5.41, 5.74) is 8.27. The predicted octanol–water partition coefficient (Wildman–Crippen LogP) is 2.64. The van der Waals surface area contributed by atoms with Crippen molar-refractivity contribution in [1.82, 2.24) is 5.32 Å². The molecule has 0 saturated carbocycles. The van der Waals surface area contributed by atoms with Crippen LogP contribution in [0.25, 0.3) is 0 Å². The molecule has 0 bridgehead atoms. The summed E-state index contributed by atoms with van der Waals surface area (Å²) >= 11 is 0. The third-order valence-electron chi connectivity index (χ3n) is 3.07. The Hall–Kier alpha value is -2.13. The molecule has 1 amide bonds. The van der Waals surface area contributed by atoms with Gasteiger partial charge in [0.05, 0.1) is 6.04 Å². The van der Waals surface area contributed by atoms with Crippen LogP contribution in [-0.4, -0.2) is 5.91 Å². The molecule has 3 heteroatoms. The molecule has 98 valence electrons. The Labute approximate surface area is 113 Å². The van der Waals surface area contributed by atoms with Crippen molar-refractivity contribution in [3.63, 3.8) is 0 Å². The van der Waals surface area contributed by atoms with Crippen LogP contribution in [0, 0.1) is 0 Å². The van der Waals surface area contributed by atoms with E-state index in [0.29, 0.717) is 12.1 Å². The lowest BCUT2D eigenvalue weighted by Gasteiger charge is -2.14. The van der Waals surface area contributed by atoms with E-state index in [-0.39, 0.29) is 11.9 Å². The van der Waals surface area contributed by atoms with E-state index in [1.165, 1.54) is 0 Å². The maximum atomic E-state index is 12.1. The fourth-order valence-corrected chi connectivity index (χ4v) is 1.94. The number of carbonyl (C=O) groups excluding carboxylic acids is 1. The van der Waals surface area contributed by atoms with Crippen LogP contribution >= 0.6 is 0 Å². The predicted molar refractivity (Wildman–Crippen MR) is 76.7 cm³/mol. The van der Waals surface area contributed by atoms with Crippen molar-refractivity contribution in [3.05, 3.63) is 71.3 Å². The highest BCUT2D eigenvalue weighted by Crippen LogP contribution is 2.13. The van der Waals surface area contributed by atoms with Crippen molar-refractivity contribution in [2.24, 2.45) is 5.73 Å². The molecule has 0 aliphatic heterocycles. The zero-order valence-corrected chi connectivity index (χ0v) is 11.0. The monoisotopic (exact) mass is 254 g/mol. The minimum atomic E-state index is -0.0772. The van der Waals surface area contributed by atoms with Gasteiger partial charge < -0.3 is 11.1 Å². The summed E-state index contributed by atoms with van der Waals surface area (Å²) in [6, 6.07) is 17.3. The third-order valence-corrected chi connectivity index (χ3v) is 3.07. The van der Waals surface area contributed by atoms with Gasteiger partial charge in [0.15, 0.2) is 0 Å². The molecule has 1 unspecified atom stereocenters. The lowest BCUT2D eigenvalue weighted by atomic mass is 10.1. The molecule has 0 heterocycles. The third kappa shape index (κ3) is 3.42. The van der Waals surface area contributed by atoms with E-state index in [1.54, 1.807) is 6.07 Å². The first-order chi connectivity index (χ1) is 9.20. The lowest BCUT2D eigenvalue weighted by Crippen LogP contribution is -2.26. The van der Waals surface area contributed by atoms with Crippen LogP contribution in [0.3, 0.4) is 0 Å². The van der Waals surface area contributed by atoms with Crippen LogP contribution in [0.1, 0.15) is 34.5 Å². The van der Waals surface area contributed by atoms with Gasteiger partial charge in [0.1, 0.15) is 0 Å². The first-order valence-electron chi connectivity index (χ1n) is 6.35. The second kappa shape index (κ2) is 6.16. The molecule has 2 rings (SSSR count). The summed E-state index contributed by atoms with van der Waals surface area (Å²) in [6.07, 6.45) is 0. The second-order valence-corrected chi connectivity index (χ2v) is 4.51. The SMILES string of the molecule is CC(NC(=O)c1cccc(CN)c1)c1ccccc1. The van der Waals surface area contributed by atoms with E-state index in [4.69, 9.17) is 5.73 Å². The summed E-state index contributed by atoms with van der Waals surface area (Å²) in [6.45, 7) is 2.41.